The highest BCUT2D eigenvalue weighted by molar-refractivity contribution is 4.98. The Morgan fingerprint density at radius 2 is 1.77 bits per heavy atom. The van der Waals surface area contributed by atoms with E-state index in [-0.39, 0.29) is 0 Å². The molecule has 1 saturated carbocycles. The lowest BCUT2D eigenvalue weighted by Gasteiger charge is -2.25. The summed E-state index contributed by atoms with van der Waals surface area (Å²) in [5.74, 6) is 1.75. The number of allylic oxidation sites excluding steroid dienone is 1. The molecule has 0 saturated heterocycles. The van der Waals surface area contributed by atoms with Gasteiger partial charge in [0.15, 0.2) is 0 Å². The van der Waals surface area contributed by atoms with Gasteiger partial charge in [-0.3, -0.25) is 0 Å². The molecule has 76 valence electrons. The normalized spacial score (nSPS) is 22.3. The first kappa shape index (κ1) is 10.8. The van der Waals surface area contributed by atoms with Gasteiger partial charge in [0.05, 0.1) is 0 Å². The molecule has 0 N–H and O–H groups in total. The molecule has 1 aliphatic rings. The lowest BCUT2D eigenvalue weighted by atomic mass is 9.80. The molecule has 1 atom stereocenters. The third kappa shape index (κ3) is 3.17. The van der Waals surface area contributed by atoms with E-state index in [2.05, 4.69) is 20.4 Å². The largest absolute Gasteiger partial charge is 0.0999 e. The van der Waals surface area contributed by atoms with E-state index < -0.39 is 0 Å². The average Bonchev–Trinajstić information content (AvgIpc) is 2.33. The quantitative estimate of drug-likeness (QED) is 0.441. The summed E-state index contributed by atoms with van der Waals surface area (Å²) in [5, 5.41) is 0. The van der Waals surface area contributed by atoms with Gasteiger partial charge in [-0.05, 0) is 38.0 Å². The van der Waals surface area contributed by atoms with Gasteiger partial charge < -0.3 is 0 Å². The second kappa shape index (κ2) is 5.47. The molecular weight excluding hydrogens is 156 g/mol. The van der Waals surface area contributed by atoms with Gasteiger partial charge in [-0.2, -0.15) is 0 Å². The van der Waals surface area contributed by atoms with E-state index in [1.165, 1.54) is 50.5 Å². The standard InChI is InChI=1S/C13H24/c1-4-13(11(2)3)12-9-7-5-6-8-10-12/h12-13H,2,4-10H2,1,3H3. The maximum Gasteiger partial charge on any atom is -0.0183 e. The summed E-state index contributed by atoms with van der Waals surface area (Å²) in [6.45, 7) is 8.65. The van der Waals surface area contributed by atoms with Crippen molar-refractivity contribution in [2.24, 2.45) is 11.8 Å². The molecule has 0 heteroatoms. The molecule has 0 aromatic carbocycles. The van der Waals surface area contributed by atoms with Gasteiger partial charge in [-0.1, -0.05) is 44.8 Å². The van der Waals surface area contributed by atoms with E-state index in [1.54, 1.807) is 0 Å². The van der Waals surface area contributed by atoms with Crippen molar-refractivity contribution in [1.82, 2.24) is 0 Å². The summed E-state index contributed by atoms with van der Waals surface area (Å²) in [5.41, 5.74) is 1.41. The molecule has 0 aromatic heterocycles. The Hall–Kier alpha value is -0.260. The minimum atomic E-state index is 0.804. The van der Waals surface area contributed by atoms with Crippen LogP contribution >= 0.6 is 0 Å². The molecule has 0 radical (unpaired) electrons. The highest BCUT2D eigenvalue weighted by Crippen LogP contribution is 2.33. The predicted octanol–water partition coefficient (Wildman–Crippen LogP) is 4.56. The van der Waals surface area contributed by atoms with Crippen LogP contribution in [0.3, 0.4) is 0 Å². The summed E-state index contributed by atoms with van der Waals surface area (Å²) in [7, 11) is 0. The number of hydrogen-bond acceptors (Lipinski definition) is 0. The zero-order valence-electron chi connectivity index (χ0n) is 9.31. The van der Waals surface area contributed by atoms with Crippen LogP contribution in [0.25, 0.3) is 0 Å². The lowest BCUT2D eigenvalue weighted by Crippen LogP contribution is -2.14. The van der Waals surface area contributed by atoms with Crippen molar-refractivity contribution in [3.8, 4) is 0 Å². The summed E-state index contributed by atoms with van der Waals surface area (Å²) < 4.78 is 0. The molecule has 0 aromatic rings. The maximum atomic E-state index is 4.13. The first-order valence-electron chi connectivity index (χ1n) is 5.91. The molecule has 0 nitrogen and oxygen atoms in total. The number of rotatable bonds is 3. The van der Waals surface area contributed by atoms with Gasteiger partial charge >= 0.3 is 0 Å². The Morgan fingerprint density at radius 1 is 1.23 bits per heavy atom. The average molecular weight is 180 g/mol. The fourth-order valence-electron chi connectivity index (χ4n) is 2.80. The van der Waals surface area contributed by atoms with Crippen LogP contribution in [0.5, 0.6) is 0 Å². The summed E-state index contributed by atoms with van der Waals surface area (Å²) in [6, 6.07) is 0. The molecule has 1 fully saturated rings. The Labute approximate surface area is 83.4 Å². The second-order valence-electron chi connectivity index (χ2n) is 4.61. The van der Waals surface area contributed by atoms with Crippen LogP contribution in [-0.4, -0.2) is 0 Å². The van der Waals surface area contributed by atoms with Gasteiger partial charge in [-0.25, -0.2) is 0 Å². The summed E-state index contributed by atoms with van der Waals surface area (Å²) in [4.78, 5) is 0. The lowest BCUT2D eigenvalue weighted by molar-refractivity contribution is 0.329. The Morgan fingerprint density at radius 3 is 2.15 bits per heavy atom. The molecule has 0 bridgehead atoms. The van der Waals surface area contributed by atoms with E-state index in [0.717, 1.165) is 11.8 Å². The minimum absolute atomic E-state index is 0.804. The van der Waals surface area contributed by atoms with Crippen molar-refractivity contribution in [1.29, 1.82) is 0 Å². The highest BCUT2D eigenvalue weighted by atomic mass is 14.3. The molecule has 1 aliphatic carbocycles. The first-order valence-corrected chi connectivity index (χ1v) is 5.91. The van der Waals surface area contributed by atoms with Crippen LogP contribution in [0.4, 0.5) is 0 Å². The molecule has 0 aliphatic heterocycles. The Kier molecular flexibility index (Phi) is 4.55. The van der Waals surface area contributed by atoms with Crippen molar-refractivity contribution in [3.05, 3.63) is 12.2 Å². The van der Waals surface area contributed by atoms with Crippen LogP contribution in [0, 0.1) is 11.8 Å². The van der Waals surface area contributed by atoms with Crippen molar-refractivity contribution < 1.29 is 0 Å². The van der Waals surface area contributed by atoms with Crippen molar-refractivity contribution >= 4 is 0 Å². The van der Waals surface area contributed by atoms with Crippen LogP contribution in [0.15, 0.2) is 12.2 Å². The molecular formula is C13H24. The van der Waals surface area contributed by atoms with Crippen LogP contribution in [0.2, 0.25) is 0 Å². The van der Waals surface area contributed by atoms with Crippen molar-refractivity contribution in [3.63, 3.8) is 0 Å². The van der Waals surface area contributed by atoms with Crippen molar-refractivity contribution in [2.45, 2.75) is 58.8 Å². The Bertz CT molecular complexity index is 149. The van der Waals surface area contributed by atoms with Crippen LogP contribution in [-0.2, 0) is 0 Å². The monoisotopic (exact) mass is 180 g/mol. The van der Waals surface area contributed by atoms with Gasteiger partial charge in [0, 0.05) is 0 Å². The van der Waals surface area contributed by atoms with Crippen LogP contribution < -0.4 is 0 Å². The minimum Gasteiger partial charge on any atom is -0.0999 e. The van der Waals surface area contributed by atoms with E-state index in [4.69, 9.17) is 0 Å². The van der Waals surface area contributed by atoms with Gasteiger partial charge in [0.2, 0.25) is 0 Å². The molecule has 1 rings (SSSR count). The predicted molar refractivity (Wildman–Crippen MR) is 59.8 cm³/mol. The van der Waals surface area contributed by atoms with Crippen LogP contribution in [0.1, 0.15) is 58.8 Å². The van der Waals surface area contributed by atoms with E-state index >= 15 is 0 Å². The van der Waals surface area contributed by atoms with Crippen molar-refractivity contribution in [2.75, 3.05) is 0 Å². The molecule has 0 amide bonds. The molecule has 1 unspecified atom stereocenters. The molecule has 0 heterocycles. The second-order valence-corrected chi connectivity index (χ2v) is 4.61. The highest BCUT2D eigenvalue weighted by Gasteiger charge is 2.21. The zero-order chi connectivity index (χ0) is 9.68. The smallest absolute Gasteiger partial charge is 0.0183 e. The van der Waals surface area contributed by atoms with Gasteiger partial charge in [0.1, 0.15) is 0 Å². The van der Waals surface area contributed by atoms with Gasteiger partial charge in [-0.15, -0.1) is 0 Å². The van der Waals surface area contributed by atoms with E-state index in [9.17, 15) is 0 Å². The maximum absolute atomic E-state index is 4.13. The molecule has 13 heavy (non-hydrogen) atoms. The topological polar surface area (TPSA) is 0 Å². The zero-order valence-corrected chi connectivity index (χ0v) is 9.31. The first-order chi connectivity index (χ1) is 6.25. The Balaban J connectivity index is 2.50. The SMILES string of the molecule is C=C(C)C(CC)C1CCCCCC1. The van der Waals surface area contributed by atoms with Gasteiger partial charge in [0.25, 0.3) is 0 Å². The summed E-state index contributed by atoms with van der Waals surface area (Å²) in [6.07, 6.45) is 10.0. The third-order valence-electron chi connectivity index (χ3n) is 3.54. The third-order valence-corrected chi connectivity index (χ3v) is 3.54. The summed E-state index contributed by atoms with van der Waals surface area (Å²) >= 11 is 0. The van der Waals surface area contributed by atoms with E-state index in [0.29, 0.717) is 0 Å². The fourth-order valence-corrected chi connectivity index (χ4v) is 2.80. The van der Waals surface area contributed by atoms with E-state index in [1.807, 2.05) is 0 Å². The molecule has 0 spiro atoms. The fraction of sp³-hybridized carbons (Fsp3) is 0.846. The number of hydrogen-bond donors (Lipinski definition) is 0.